The maximum atomic E-state index is 12.9. The number of hydrogen-bond acceptors (Lipinski definition) is 5. The summed E-state index contributed by atoms with van der Waals surface area (Å²) in [6, 6.07) is 13.6. The average molecular weight is 429 g/mol. The lowest BCUT2D eigenvalue weighted by Gasteiger charge is -2.22. The number of benzene rings is 2. The standard InChI is InChI=1S/C23H28N2O4S/c1-24(12-11-16-5-10-20(28-2)21(13-16)29-3)23(27)17-14-22(26)25(15-17)18-6-8-19(30-4)9-7-18/h5-10,13,17H,11-12,14-15H2,1-4H3/t17-/m1/s1. The maximum Gasteiger partial charge on any atom is 0.227 e. The Morgan fingerprint density at radius 1 is 1.13 bits per heavy atom. The topological polar surface area (TPSA) is 59.1 Å². The zero-order chi connectivity index (χ0) is 21.7. The number of carbonyl (C=O) groups excluding carboxylic acids is 2. The minimum atomic E-state index is -0.312. The summed E-state index contributed by atoms with van der Waals surface area (Å²) in [6.45, 7) is 0.998. The number of ether oxygens (including phenoxy) is 2. The normalized spacial score (nSPS) is 15.9. The van der Waals surface area contributed by atoms with Crippen molar-refractivity contribution in [1.29, 1.82) is 0 Å². The fourth-order valence-electron chi connectivity index (χ4n) is 3.64. The van der Waals surface area contributed by atoms with Gasteiger partial charge < -0.3 is 19.3 Å². The van der Waals surface area contributed by atoms with Crippen LogP contribution in [0.15, 0.2) is 47.4 Å². The molecule has 2 aromatic rings. The molecule has 0 spiro atoms. The first-order valence-electron chi connectivity index (χ1n) is 9.87. The Morgan fingerprint density at radius 3 is 2.47 bits per heavy atom. The first-order chi connectivity index (χ1) is 14.5. The van der Waals surface area contributed by atoms with Crippen molar-refractivity contribution >= 4 is 29.3 Å². The number of methoxy groups -OCH3 is 2. The van der Waals surface area contributed by atoms with Gasteiger partial charge in [-0.3, -0.25) is 9.59 Å². The van der Waals surface area contributed by atoms with Gasteiger partial charge in [0.1, 0.15) is 0 Å². The highest BCUT2D eigenvalue weighted by atomic mass is 32.2. The second-order valence-electron chi connectivity index (χ2n) is 7.30. The van der Waals surface area contributed by atoms with Gasteiger partial charge in [0.15, 0.2) is 11.5 Å². The molecule has 0 aliphatic carbocycles. The van der Waals surface area contributed by atoms with Crippen LogP contribution in [0, 0.1) is 5.92 Å². The lowest BCUT2D eigenvalue weighted by Crippen LogP contribution is -2.36. The summed E-state index contributed by atoms with van der Waals surface area (Å²) in [5, 5.41) is 0. The smallest absolute Gasteiger partial charge is 0.227 e. The molecule has 2 aromatic carbocycles. The molecule has 0 saturated carbocycles. The van der Waals surface area contributed by atoms with E-state index in [4.69, 9.17) is 9.47 Å². The van der Waals surface area contributed by atoms with E-state index in [0.29, 0.717) is 31.0 Å². The van der Waals surface area contributed by atoms with Crippen molar-refractivity contribution in [1.82, 2.24) is 4.90 Å². The number of likely N-dealkylation sites (N-methyl/N-ethyl adjacent to an activating group) is 1. The molecule has 160 valence electrons. The summed E-state index contributed by atoms with van der Waals surface area (Å²) >= 11 is 1.66. The second-order valence-corrected chi connectivity index (χ2v) is 8.18. The Hall–Kier alpha value is -2.67. The van der Waals surface area contributed by atoms with Crippen LogP contribution in [0.4, 0.5) is 5.69 Å². The zero-order valence-corrected chi connectivity index (χ0v) is 18.7. The lowest BCUT2D eigenvalue weighted by molar-refractivity contribution is -0.134. The predicted molar refractivity (Wildman–Crippen MR) is 120 cm³/mol. The molecule has 30 heavy (non-hydrogen) atoms. The number of thioether (sulfide) groups is 1. The average Bonchev–Trinajstić information content (AvgIpc) is 3.18. The largest absolute Gasteiger partial charge is 0.493 e. The van der Waals surface area contributed by atoms with E-state index >= 15 is 0 Å². The number of anilines is 1. The second kappa shape index (κ2) is 9.89. The van der Waals surface area contributed by atoms with Gasteiger partial charge in [0.05, 0.1) is 20.1 Å². The lowest BCUT2D eigenvalue weighted by atomic mass is 10.1. The van der Waals surface area contributed by atoms with Crippen molar-refractivity contribution in [3.8, 4) is 11.5 Å². The molecule has 0 bridgehead atoms. The van der Waals surface area contributed by atoms with E-state index in [2.05, 4.69) is 0 Å². The molecule has 1 saturated heterocycles. The Kier molecular flexibility index (Phi) is 7.26. The van der Waals surface area contributed by atoms with Gasteiger partial charge in [-0.05, 0) is 54.6 Å². The van der Waals surface area contributed by atoms with Crippen molar-refractivity contribution in [2.24, 2.45) is 5.92 Å². The van der Waals surface area contributed by atoms with Gasteiger partial charge in [-0.2, -0.15) is 0 Å². The van der Waals surface area contributed by atoms with Crippen molar-refractivity contribution in [3.63, 3.8) is 0 Å². The predicted octanol–water partition coefficient (Wildman–Crippen LogP) is 3.48. The third-order valence-corrected chi connectivity index (χ3v) is 6.16. The summed E-state index contributed by atoms with van der Waals surface area (Å²) in [4.78, 5) is 30.0. The van der Waals surface area contributed by atoms with Crippen LogP contribution in [0.3, 0.4) is 0 Å². The highest BCUT2D eigenvalue weighted by Gasteiger charge is 2.36. The first kappa shape index (κ1) is 22.0. The van der Waals surface area contributed by atoms with Crippen LogP contribution in [0.5, 0.6) is 11.5 Å². The van der Waals surface area contributed by atoms with Gasteiger partial charge >= 0.3 is 0 Å². The molecule has 0 N–H and O–H groups in total. The summed E-state index contributed by atoms with van der Waals surface area (Å²) in [7, 11) is 5.01. The molecule has 1 heterocycles. The Balaban J connectivity index is 1.59. The van der Waals surface area contributed by atoms with E-state index in [1.165, 1.54) is 0 Å². The van der Waals surface area contributed by atoms with Crippen LogP contribution >= 0.6 is 11.8 Å². The summed E-state index contributed by atoms with van der Waals surface area (Å²) in [5.74, 6) is 1.05. The fourth-order valence-corrected chi connectivity index (χ4v) is 4.05. The van der Waals surface area contributed by atoms with E-state index in [9.17, 15) is 9.59 Å². The zero-order valence-electron chi connectivity index (χ0n) is 17.9. The van der Waals surface area contributed by atoms with Gasteiger partial charge in [0, 0.05) is 37.1 Å². The minimum Gasteiger partial charge on any atom is -0.493 e. The third-order valence-electron chi connectivity index (χ3n) is 5.42. The number of hydrogen-bond donors (Lipinski definition) is 0. The first-order valence-corrected chi connectivity index (χ1v) is 11.1. The molecule has 7 heteroatoms. The van der Waals surface area contributed by atoms with E-state index in [1.54, 1.807) is 42.8 Å². The van der Waals surface area contributed by atoms with Crippen LogP contribution in [0.1, 0.15) is 12.0 Å². The molecule has 0 radical (unpaired) electrons. The third kappa shape index (κ3) is 4.90. The Bertz CT molecular complexity index is 901. The van der Waals surface area contributed by atoms with Crippen LogP contribution in [-0.2, 0) is 16.0 Å². The minimum absolute atomic E-state index is 0.00135. The maximum absolute atomic E-state index is 12.9. The molecule has 2 amide bonds. The summed E-state index contributed by atoms with van der Waals surface area (Å²) < 4.78 is 10.6. The molecule has 6 nitrogen and oxygen atoms in total. The SMILES string of the molecule is COc1ccc(CCN(C)C(=O)[C@@H]2CC(=O)N(c3ccc(SC)cc3)C2)cc1OC. The van der Waals surface area contributed by atoms with Crippen molar-refractivity contribution in [2.75, 3.05) is 45.5 Å². The molecular formula is C23H28N2O4S. The number of carbonyl (C=O) groups is 2. The molecule has 1 atom stereocenters. The highest BCUT2D eigenvalue weighted by Crippen LogP contribution is 2.29. The van der Waals surface area contributed by atoms with E-state index < -0.39 is 0 Å². The van der Waals surface area contributed by atoms with Crippen LogP contribution in [0.25, 0.3) is 0 Å². The molecular weight excluding hydrogens is 400 g/mol. The fraction of sp³-hybridized carbons (Fsp3) is 0.391. The molecule has 1 aliphatic rings. The quantitative estimate of drug-likeness (QED) is 0.603. The Labute approximate surface area is 182 Å². The summed E-state index contributed by atoms with van der Waals surface area (Å²) in [6.07, 6.45) is 2.97. The molecule has 1 aliphatic heterocycles. The summed E-state index contributed by atoms with van der Waals surface area (Å²) in [5.41, 5.74) is 1.91. The number of rotatable bonds is 8. The van der Waals surface area contributed by atoms with E-state index in [0.717, 1.165) is 16.1 Å². The van der Waals surface area contributed by atoms with Gasteiger partial charge in [0.2, 0.25) is 11.8 Å². The van der Waals surface area contributed by atoms with Crippen molar-refractivity contribution < 1.29 is 19.1 Å². The molecule has 1 fully saturated rings. The van der Waals surface area contributed by atoms with E-state index in [1.807, 2.05) is 48.7 Å². The number of amides is 2. The van der Waals surface area contributed by atoms with E-state index in [-0.39, 0.29) is 24.2 Å². The van der Waals surface area contributed by atoms with Crippen molar-refractivity contribution in [2.45, 2.75) is 17.7 Å². The van der Waals surface area contributed by atoms with Crippen molar-refractivity contribution in [3.05, 3.63) is 48.0 Å². The van der Waals surface area contributed by atoms with Crippen LogP contribution < -0.4 is 14.4 Å². The van der Waals surface area contributed by atoms with Gasteiger partial charge in [-0.1, -0.05) is 6.07 Å². The monoisotopic (exact) mass is 428 g/mol. The van der Waals surface area contributed by atoms with Gasteiger partial charge in [-0.25, -0.2) is 0 Å². The molecule has 0 unspecified atom stereocenters. The van der Waals surface area contributed by atoms with Gasteiger partial charge in [-0.15, -0.1) is 11.8 Å². The molecule has 0 aromatic heterocycles. The number of nitrogens with zero attached hydrogens (tertiary/aromatic N) is 2. The van der Waals surface area contributed by atoms with Gasteiger partial charge in [0.25, 0.3) is 0 Å². The van der Waals surface area contributed by atoms with Crippen LogP contribution in [0.2, 0.25) is 0 Å². The molecule has 3 rings (SSSR count). The van der Waals surface area contributed by atoms with Crippen LogP contribution in [-0.4, -0.2) is 57.3 Å². The highest BCUT2D eigenvalue weighted by molar-refractivity contribution is 7.98. The Morgan fingerprint density at radius 2 is 1.83 bits per heavy atom.